The molecule has 0 aliphatic carbocycles. The standard InChI is InChI=1S/C17H18O3/c1-12(18)11-13-7-6-10-16(20-3)17(13)14-8-4-5-9-15(14)19-2/h4-10H,11H2,1-3H3. The molecule has 0 aliphatic rings. The van der Waals surface area contributed by atoms with Crippen LogP contribution < -0.4 is 9.47 Å². The molecule has 0 amide bonds. The van der Waals surface area contributed by atoms with Gasteiger partial charge in [-0.1, -0.05) is 30.3 Å². The summed E-state index contributed by atoms with van der Waals surface area (Å²) in [4.78, 5) is 11.5. The maximum Gasteiger partial charge on any atom is 0.134 e. The number of carbonyl (C=O) groups is 1. The van der Waals surface area contributed by atoms with Crippen molar-refractivity contribution in [3.8, 4) is 22.6 Å². The molecule has 0 spiro atoms. The molecule has 2 aromatic carbocycles. The van der Waals surface area contributed by atoms with Crippen molar-refractivity contribution in [2.45, 2.75) is 13.3 Å². The molecule has 0 heterocycles. The van der Waals surface area contributed by atoms with Gasteiger partial charge in [-0.25, -0.2) is 0 Å². The number of benzene rings is 2. The lowest BCUT2D eigenvalue weighted by Crippen LogP contribution is -2.01. The monoisotopic (exact) mass is 270 g/mol. The Labute approximate surface area is 119 Å². The molecule has 0 saturated heterocycles. The van der Waals surface area contributed by atoms with Gasteiger partial charge in [0, 0.05) is 17.5 Å². The van der Waals surface area contributed by atoms with E-state index < -0.39 is 0 Å². The molecule has 0 saturated carbocycles. The summed E-state index contributed by atoms with van der Waals surface area (Å²) in [6, 6.07) is 13.5. The third-order valence-electron chi connectivity index (χ3n) is 3.15. The van der Waals surface area contributed by atoms with E-state index in [0.29, 0.717) is 6.42 Å². The highest BCUT2D eigenvalue weighted by Crippen LogP contribution is 2.38. The smallest absolute Gasteiger partial charge is 0.134 e. The van der Waals surface area contributed by atoms with E-state index in [0.717, 1.165) is 28.2 Å². The molecule has 104 valence electrons. The van der Waals surface area contributed by atoms with Crippen molar-refractivity contribution in [3.63, 3.8) is 0 Å². The molecule has 0 aliphatic heterocycles. The Morgan fingerprint density at radius 3 is 2.25 bits per heavy atom. The van der Waals surface area contributed by atoms with Gasteiger partial charge in [0.05, 0.1) is 14.2 Å². The van der Waals surface area contributed by atoms with E-state index in [2.05, 4.69) is 0 Å². The second-order valence-corrected chi connectivity index (χ2v) is 4.57. The molecule has 2 aromatic rings. The topological polar surface area (TPSA) is 35.5 Å². The highest BCUT2D eigenvalue weighted by molar-refractivity contribution is 5.85. The molecular weight excluding hydrogens is 252 g/mol. The lowest BCUT2D eigenvalue weighted by atomic mass is 9.95. The fourth-order valence-corrected chi connectivity index (χ4v) is 2.32. The first-order valence-corrected chi connectivity index (χ1v) is 6.46. The Bertz CT molecular complexity index is 617. The van der Waals surface area contributed by atoms with E-state index in [1.165, 1.54) is 0 Å². The zero-order valence-electron chi connectivity index (χ0n) is 12.0. The van der Waals surface area contributed by atoms with Crippen LogP contribution in [0.4, 0.5) is 0 Å². The Kier molecular flexibility index (Phi) is 4.41. The quantitative estimate of drug-likeness (QED) is 0.834. The van der Waals surface area contributed by atoms with Gasteiger partial charge < -0.3 is 9.47 Å². The van der Waals surface area contributed by atoms with Gasteiger partial charge in [-0.15, -0.1) is 0 Å². The van der Waals surface area contributed by atoms with Gasteiger partial charge in [-0.2, -0.15) is 0 Å². The molecule has 0 unspecified atom stereocenters. The molecule has 20 heavy (non-hydrogen) atoms. The summed E-state index contributed by atoms with van der Waals surface area (Å²) in [6.45, 7) is 1.59. The van der Waals surface area contributed by atoms with Crippen LogP contribution >= 0.6 is 0 Å². The van der Waals surface area contributed by atoms with E-state index in [9.17, 15) is 4.79 Å². The fourth-order valence-electron chi connectivity index (χ4n) is 2.32. The van der Waals surface area contributed by atoms with Gasteiger partial charge in [-0.05, 0) is 24.6 Å². The molecule has 0 bridgehead atoms. The number of ketones is 1. The van der Waals surface area contributed by atoms with Crippen LogP contribution in [0.25, 0.3) is 11.1 Å². The predicted octanol–water partition coefficient (Wildman–Crippen LogP) is 3.50. The van der Waals surface area contributed by atoms with Crippen molar-refractivity contribution in [2.24, 2.45) is 0 Å². The number of para-hydroxylation sites is 1. The lowest BCUT2D eigenvalue weighted by Gasteiger charge is -2.16. The van der Waals surface area contributed by atoms with E-state index in [1.807, 2.05) is 42.5 Å². The van der Waals surface area contributed by atoms with Crippen molar-refractivity contribution in [3.05, 3.63) is 48.0 Å². The van der Waals surface area contributed by atoms with Crippen molar-refractivity contribution >= 4 is 5.78 Å². The fraction of sp³-hybridized carbons (Fsp3) is 0.235. The molecule has 3 nitrogen and oxygen atoms in total. The van der Waals surface area contributed by atoms with Crippen LogP contribution in [0.15, 0.2) is 42.5 Å². The molecule has 3 heteroatoms. The van der Waals surface area contributed by atoms with Crippen LogP contribution in [0, 0.1) is 0 Å². The lowest BCUT2D eigenvalue weighted by molar-refractivity contribution is -0.116. The third-order valence-corrected chi connectivity index (χ3v) is 3.15. The van der Waals surface area contributed by atoms with E-state index in [-0.39, 0.29) is 5.78 Å². The minimum absolute atomic E-state index is 0.120. The van der Waals surface area contributed by atoms with Crippen LogP contribution in [0.3, 0.4) is 0 Å². The van der Waals surface area contributed by atoms with Gasteiger partial charge in [0.15, 0.2) is 0 Å². The maximum absolute atomic E-state index is 11.5. The number of Topliss-reactive ketones (excluding diaryl/α,β-unsaturated/α-hetero) is 1. The van der Waals surface area contributed by atoms with Gasteiger partial charge in [-0.3, -0.25) is 4.79 Å². The molecule has 2 rings (SSSR count). The molecule has 0 N–H and O–H groups in total. The summed E-state index contributed by atoms with van der Waals surface area (Å²) in [5, 5.41) is 0. The van der Waals surface area contributed by atoms with Crippen molar-refractivity contribution in [1.29, 1.82) is 0 Å². The number of ether oxygens (including phenoxy) is 2. The van der Waals surface area contributed by atoms with Crippen molar-refractivity contribution in [1.82, 2.24) is 0 Å². The normalized spacial score (nSPS) is 10.2. The summed E-state index contributed by atoms with van der Waals surface area (Å²) in [6.07, 6.45) is 0.380. The number of methoxy groups -OCH3 is 2. The largest absolute Gasteiger partial charge is 0.496 e. The van der Waals surface area contributed by atoms with E-state index in [4.69, 9.17) is 9.47 Å². The number of carbonyl (C=O) groups excluding carboxylic acids is 1. The maximum atomic E-state index is 11.5. The molecule has 0 aromatic heterocycles. The Morgan fingerprint density at radius 1 is 0.950 bits per heavy atom. The first kappa shape index (κ1) is 14.1. The number of hydrogen-bond donors (Lipinski definition) is 0. The Morgan fingerprint density at radius 2 is 1.60 bits per heavy atom. The zero-order chi connectivity index (χ0) is 14.5. The van der Waals surface area contributed by atoms with Crippen LogP contribution in [-0.4, -0.2) is 20.0 Å². The first-order valence-electron chi connectivity index (χ1n) is 6.46. The second-order valence-electron chi connectivity index (χ2n) is 4.57. The van der Waals surface area contributed by atoms with E-state index in [1.54, 1.807) is 21.1 Å². The van der Waals surface area contributed by atoms with Crippen LogP contribution in [0.1, 0.15) is 12.5 Å². The predicted molar refractivity (Wildman–Crippen MR) is 79.4 cm³/mol. The SMILES string of the molecule is COc1ccccc1-c1c(CC(C)=O)cccc1OC. The van der Waals surface area contributed by atoms with Gasteiger partial charge in [0.2, 0.25) is 0 Å². The van der Waals surface area contributed by atoms with Crippen LogP contribution in [0.5, 0.6) is 11.5 Å². The summed E-state index contributed by atoms with van der Waals surface area (Å²) in [5.74, 6) is 1.63. The molecule has 0 atom stereocenters. The molecule has 0 radical (unpaired) electrons. The summed E-state index contributed by atoms with van der Waals surface area (Å²) in [7, 11) is 3.27. The summed E-state index contributed by atoms with van der Waals surface area (Å²) >= 11 is 0. The average Bonchev–Trinajstić information content (AvgIpc) is 2.46. The highest BCUT2D eigenvalue weighted by atomic mass is 16.5. The van der Waals surface area contributed by atoms with Crippen LogP contribution in [-0.2, 0) is 11.2 Å². The minimum atomic E-state index is 0.120. The van der Waals surface area contributed by atoms with Crippen LogP contribution in [0.2, 0.25) is 0 Å². The minimum Gasteiger partial charge on any atom is -0.496 e. The van der Waals surface area contributed by atoms with Crippen molar-refractivity contribution in [2.75, 3.05) is 14.2 Å². The summed E-state index contributed by atoms with van der Waals surface area (Å²) in [5.41, 5.74) is 2.80. The van der Waals surface area contributed by atoms with Gasteiger partial charge in [0.25, 0.3) is 0 Å². The number of hydrogen-bond acceptors (Lipinski definition) is 3. The first-order chi connectivity index (χ1) is 9.67. The zero-order valence-corrected chi connectivity index (χ0v) is 12.0. The van der Waals surface area contributed by atoms with Crippen molar-refractivity contribution < 1.29 is 14.3 Å². The van der Waals surface area contributed by atoms with Gasteiger partial charge in [0.1, 0.15) is 17.3 Å². The molecular formula is C17H18O3. The number of rotatable bonds is 5. The average molecular weight is 270 g/mol. The Balaban J connectivity index is 2.66. The van der Waals surface area contributed by atoms with Gasteiger partial charge >= 0.3 is 0 Å². The Hall–Kier alpha value is -2.29. The highest BCUT2D eigenvalue weighted by Gasteiger charge is 2.15. The summed E-state index contributed by atoms with van der Waals surface area (Å²) < 4.78 is 10.9. The second kappa shape index (κ2) is 6.24. The molecule has 0 fully saturated rings. The van der Waals surface area contributed by atoms with E-state index >= 15 is 0 Å². The third kappa shape index (κ3) is 2.82.